The zero-order valence-electron chi connectivity index (χ0n) is 17.1. The number of hydrogen-bond donors (Lipinski definition) is 0. The molecule has 0 saturated carbocycles. The van der Waals surface area contributed by atoms with Gasteiger partial charge in [-0.25, -0.2) is 9.96 Å². The highest BCUT2D eigenvalue weighted by atomic mass is 16.7. The van der Waals surface area contributed by atoms with E-state index in [0.29, 0.717) is 11.4 Å². The lowest BCUT2D eigenvalue weighted by molar-refractivity contribution is -0.384. The van der Waals surface area contributed by atoms with E-state index in [-0.39, 0.29) is 11.6 Å². The molecule has 3 aromatic rings. The van der Waals surface area contributed by atoms with Crippen LogP contribution in [0, 0.1) is 23.0 Å². The molecule has 32 heavy (non-hydrogen) atoms. The number of aryl methyl sites for hydroxylation is 1. The van der Waals surface area contributed by atoms with E-state index in [1.54, 1.807) is 36.4 Å². The number of nitrogens with zero attached hydrogens (tertiary/aromatic N) is 3. The van der Waals surface area contributed by atoms with Crippen molar-refractivity contribution >= 4 is 28.9 Å². The van der Waals surface area contributed by atoms with Gasteiger partial charge in [-0.15, -0.1) is 0 Å². The molecule has 0 aliphatic carbocycles. The Kier molecular flexibility index (Phi) is 4.71. The quantitative estimate of drug-likeness (QED) is 0.354. The highest BCUT2D eigenvalue weighted by molar-refractivity contribution is 6.23. The number of nitro groups is 1. The summed E-state index contributed by atoms with van der Waals surface area (Å²) in [5, 5.41) is 12.8. The van der Waals surface area contributed by atoms with Gasteiger partial charge in [0, 0.05) is 12.1 Å². The first-order valence-corrected chi connectivity index (χ1v) is 10.2. The van der Waals surface area contributed by atoms with Gasteiger partial charge in [0.2, 0.25) is 5.91 Å². The Hall–Kier alpha value is -4.04. The number of nitro benzene ring substituents is 1. The summed E-state index contributed by atoms with van der Waals surface area (Å²) >= 11 is 0. The van der Waals surface area contributed by atoms with Crippen molar-refractivity contribution in [1.29, 1.82) is 0 Å². The van der Waals surface area contributed by atoms with Gasteiger partial charge in [0.1, 0.15) is 5.92 Å². The number of hydrogen-bond acceptors (Lipinski definition) is 6. The molecule has 3 aromatic carbocycles. The molecule has 0 aromatic heterocycles. The van der Waals surface area contributed by atoms with Gasteiger partial charge in [-0.05, 0) is 30.7 Å². The molecule has 0 N–H and O–H groups in total. The minimum atomic E-state index is -1.02. The Balaban J connectivity index is 1.60. The van der Waals surface area contributed by atoms with Gasteiger partial charge in [-0.3, -0.25) is 24.5 Å². The average Bonchev–Trinajstić information content (AvgIpc) is 3.31. The minimum Gasteiger partial charge on any atom is -0.273 e. The fourth-order valence-electron chi connectivity index (χ4n) is 4.32. The van der Waals surface area contributed by atoms with Gasteiger partial charge in [0.05, 0.1) is 22.3 Å². The molecule has 3 atom stereocenters. The summed E-state index contributed by atoms with van der Waals surface area (Å²) in [5.41, 5.74) is 2.63. The molecule has 0 bridgehead atoms. The lowest BCUT2D eigenvalue weighted by Gasteiger charge is -2.28. The number of para-hydroxylation sites is 1. The molecule has 0 spiro atoms. The number of carbonyl (C=O) groups excluding carboxylic acids is 2. The maximum absolute atomic E-state index is 13.5. The molecule has 2 heterocycles. The third kappa shape index (κ3) is 3.12. The molecule has 2 fully saturated rings. The van der Waals surface area contributed by atoms with Gasteiger partial charge in [0.15, 0.2) is 6.10 Å². The van der Waals surface area contributed by atoms with Crippen LogP contribution in [-0.4, -0.2) is 22.8 Å². The van der Waals surface area contributed by atoms with E-state index in [4.69, 9.17) is 4.84 Å². The van der Waals surface area contributed by atoms with Crippen LogP contribution in [0.5, 0.6) is 0 Å². The first-order valence-electron chi connectivity index (χ1n) is 10.2. The van der Waals surface area contributed by atoms with Crippen LogP contribution in [0.3, 0.4) is 0 Å². The lowest BCUT2D eigenvalue weighted by atomic mass is 9.90. The minimum absolute atomic E-state index is 0.102. The smallest absolute Gasteiger partial charge is 0.271 e. The fourth-order valence-corrected chi connectivity index (χ4v) is 4.32. The van der Waals surface area contributed by atoms with Crippen molar-refractivity contribution in [3.63, 3.8) is 0 Å². The summed E-state index contributed by atoms with van der Waals surface area (Å²) in [5.74, 6) is -1.59. The number of benzene rings is 3. The van der Waals surface area contributed by atoms with E-state index in [1.165, 1.54) is 22.1 Å². The predicted octanol–water partition coefficient (Wildman–Crippen LogP) is 3.95. The Morgan fingerprint density at radius 3 is 2.25 bits per heavy atom. The van der Waals surface area contributed by atoms with Crippen molar-refractivity contribution in [2.24, 2.45) is 5.92 Å². The van der Waals surface area contributed by atoms with Gasteiger partial charge in [-0.2, -0.15) is 0 Å². The molecule has 0 radical (unpaired) electrons. The van der Waals surface area contributed by atoms with E-state index >= 15 is 0 Å². The second kappa shape index (κ2) is 7.58. The second-order valence-electron chi connectivity index (χ2n) is 7.86. The van der Waals surface area contributed by atoms with E-state index in [2.05, 4.69) is 0 Å². The zero-order chi connectivity index (χ0) is 22.4. The molecular weight excluding hydrogens is 410 g/mol. The number of carbonyl (C=O) groups is 2. The summed E-state index contributed by atoms with van der Waals surface area (Å²) < 4.78 is 0. The summed E-state index contributed by atoms with van der Waals surface area (Å²) in [6.45, 7) is 1.96. The monoisotopic (exact) mass is 429 g/mol. The van der Waals surface area contributed by atoms with Crippen LogP contribution in [0.25, 0.3) is 0 Å². The highest BCUT2D eigenvalue weighted by Crippen LogP contribution is 2.47. The molecule has 160 valence electrons. The van der Waals surface area contributed by atoms with Gasteiger partial charge < -0.3 is 0 Å². The van der Waals surface area contributed by atoms with Crippen LogP contribution in [0.1, 0.15) is 17.2 Å². The standard InChI is InChI=1S/C24H19N3O5/c1-15-10-12-16(13-11-15)21-20-22(24(29)25(23(20)28)17-6-3-2-4-7-17)32-26(21)18-8-5-9-19(14-18)27(30)31/h2-14,20-22H,1H3/t20-,21+,22-/m1/s1. The number of amides is 2. The number of imide groups is 1. The summed E-state index contributed by atoms with van der Waals surface area (Å²) in [4.78, 5) is 44.7. The molecule has 8 heteroatoms. The van der Waals surface area contributed by atoms with Crippen molar-refractivity contribution in [2.75, 3.05) is 9.96 Å². The fraction of sp³-hybridized carbons (Fsp3) is 0.167. The normalized spacial score (nSPS) is 22.3. The number of hydroxylamine groups is 1. The Morgan fingerprint density at radius 1 is 0.875 bits per heavy atom. The van der Waals surface area contributed by atoms with Crippen LogP contribution < -0.4 is 9.96 Å². The van der Waals surface area contributed by atoms with Crippen LogP contribution >= 0.6 is 0 Å². The van der Waals surface area contributed by atoms with Crippen LogP contribution in [-0.2, 0) is 14.4 Å². The summed E-state index contributed by atoms with van der Waals surface area (Å²) in [6, 6.07) is 21.7. The van der Waals surface area contributed by atoms with Gasteiger partial charge >= 0.3 is 0 Å². The van der Waals surface area contributed by atoms with E-state index in [1.807, 2.05) is 37.3 Å². The van der Waals surface area contributed by atoms with Crippen molar-refractivity contribution in [1.82, 2.24) is 0 Å². The topological polar surface area (TPSA) is 93.0 Å². The second-order valence-corrected chi connectivity index (χ2v) is 7.86. The number of non-ortho nitro benzene ring substituents is 1. The average molecular weight is 429 g/mol. The van der Waals surface area contributed by atoms with Crippen molar-refractivity contribution < 1.29 is 19.3 Å². The third-order valence-corrected chi connectivity index (χ3v) is 5.84. The SMILES string of the molecule is Cc1ccc([C@H]2[C@H]3C(=O)N(c4ccccc4)C(=O)[C@@H]3ON2c2cccc([N+](=O)[O-])c2)cc1. The van der Waals surface area contributed by atoms with Crippen molar-refractivity contribution in [3.8, 4) is 0 Å². The van der Waals surface area contributed by atoms with Crippen LogP contribution in [0.15, 0.2) is 78.9 Å². The van der Waals surface area contributed by atoms with Crippen molar-refractivity contribution in [3.05, 3.63) is 100 Å². The van der Waals surface area contributed by atoms with E-state index in [9.17, 15) is 19.7 Å². The molecule has 5 rings (SSSR count). The van der Waals surface area contributed by atoms with Gasteiger partial charge in [-0.1, -0.05) is 54.1 Å². The predicted molar refractivity (Wildman–Crippen MR) is 117 cm³/mol. The maximum atomic E-state index is 13.5. The largest absolute Gasteiger partial charge is 0.273 e. The number of rotatable bonds is 4. The number of anilines is 2. The van der Waals surface area contributed by atoms with Crippen LogP contribution in [0.2, 0.25) is 0 Å². The van der Waals surface area contributed by atoms with Crippen molar-refractivity contribution in [2.45, 2.75) is 19.1 Å². The number of fused-ring (bicyclic) bond motifs is 1. The first-order chi connectivity index (χ1) is 15.5. The Bertz CT molecular complexity index is 1210. The molecule has 2 aliphatic heterocycles. The lowest BCUT2D eigenvalue weighted by Crippen LogP contribution is -2.37. The van der Waals surface area contributed by atoms with E-state index < -0.39 is 28.9 Å². The summed E-state index contributed by atoms with van der Waals surface area (Å²) in [6.07, 6.45) is -1.02. The maximum Gasteiger partial charge on any atom is 0.271 e. The van der Waals surface area contributed by atoms with E-state index in [0.717, 1.165) is 11.1 Å². The zero-order valence-corrected chi connectivity index (χ0v) is 17.1. The Morgan fingerprint density at radius 2 is 1.56 bits per heavy atom. The Labute approximate surface area is 183 Å². The highest BCUT2D eigenvalue weighted by Gasteiger charge is 2.60. The first kappa shape index (κ1) is 19.9. The molecule has 2 amide bonds. The van der Waals surface area contributed by atoms with Crippen LogP contribution in [0.4, 0.5) is 17.1 Å². The molecule has 0 unspecified atom stereocenters. The molecule has 2 aliphatic rings. The molecule has 8 nitrogen and oxygen atoms in total. The molecular formula is C24H19N3O5. The summed E-state index contributed by atoms with van der Waals surface area (Å²) in [7, 11) is 0. The van der Waals surface area contributed by atoms with Gasteiger partial charge in [0.25, 0.3) is 11.6 Å². The third-order valence-electron chi connectivity index (χ3n) is 5.84. The molecule has 2 saturated heterocycles.